The van der Waals surface area contributed by atoms with Crippen molar-refractivity contribution in [2.24, 2.45) is 0 Å². The summed E-state index contributed by atoms with van der Waals surface area (Å²) in [4.78, 5) is 3.10. The van der Waals surface area contributed by atoms with E-state index < -0.39 is 5.82 Å². The van der Waals surface area contributed by atoms with Crippen molar-refractivity contribution in [3.05, 3.63) is 27.7 Å². The molecule has 3 nitrogen and oxygen atoms in total. The van der Waals surface area contributed by atoms with E-state index in [0.29, 0.717) is 10.9 Å². The molecule has 3 atom stereocenters. The molecule has 6 heteroatoms. The Kier molecular flexibility index (Phi) is 2.53. The van der Waals surface area contributed by atoms with Crippen molar-refractivity contribution in [2.75, 3.05) is 0 Å². The van der Waals surface area contributed by atoms with Gasteiger partial charge in [-0.2, -0.15) is 0 Å². The van der Waals surface area contributed by atoms with Crippen LogP contribution >= 0.6 is 23.8 Å². The quantitative estimate of drug-likeness (QED) is 0.807. The van der Waals surface area contributed by atoms with E-state index in [9.17, 15) is 4.39 Å². The van der Waals surface area contributed by atoms with Crippen molar-refractivity contribution in [2.45, 2.75) is 37.5 Å². The molecule has 2 bridgehead atoms. The van der Waals surface area contributed by atoms with E-state index in [4.69, 9.17) is 28.6 Å². The Labute approximate surface area is 119 Å². The highest BCUT2D eigenvalue weighted by molar-refractivity contribution is 7.71. The molecular formula is C13H12ClFN2OS. The van der Waals surface area contributed by atoms with Gasteiger partial charge in [0.25, 0.3) is 0 Å². The predicted molar refractivity (Wildman–Crippen MR) is 73.6 cm³/mol. The molecule has 3 unspecified atom stereocenters. The molecule has 0 spiro atoms. The lowest BCUT2D eigenvalue weighted by Gasteiger charge is -2.21. The fraction of sp³-hybridized carbons (Fsp3) is 0.462. The minimum atomic E-state index is -0.416. The zero-order valence-electron chi connectivity index (χ0n) is 10.0. The molecule has 0 amide bonds. The topological polar surface area (TPSA) is 29.9 Å². The largest absolute Gasteiger partial charge is 0.373 e. The molecule has 2 fully saturated rings. The van der Waals surface area contributed by atoms with Crippen LogP contribution in [0, 0.1) is 10.6 Å². The van der Waals surface area contributed by atoms with Crippen molar-refractivity contribution >= 4 is 34.9 Å². The maximum absolute atomic E-state index is 13.7. The molecule has 0 aliphatic carbocycles. The van der Waals surface area contributed by atoms with Crippen molar-refractivity contribution in [1.29, 1.82) is 0 Å². The molecule has 2 aliphatic rings. The van der Waals surface area contributed by atoms with Crippen LogP contribution in [0.1, 0.15) is 25.3 Å². The van der Waals surface area contributed by atoms with E-state index >= 15 is 0 Å². The van der Waals surface area contributed by atoms with Gasteiger partial charge in [0, 0.05) is 6.07 Å². The van der Waals surface area contributed by atoms with Crippen LogP contribution in [0.25, 0.3) is 11.0 Å². The van der Waals surface area contributed by atoms with Gasteiger partial charge >= 0.3 is 0 Å². The highest BCUT2D eigenvalue weighted by Gasteiger charge is 2.42. The maximum atomic E-state index is 13.7. The summed E-state index contributed by atoms with van der Waals surface area (Å²) in [6.45, 7) is 0. The van der Waals surface area contributed by atoms with Gasteiger partial charge in [-0.25, -0.2) is 4.39 Å². The van der Waals surface area contributed by atoms with Crippen molar-refractivity contribution in [3.63, 3.8) is 0 Å². The molecule has 100 valence electrons. The Morgan fingerprint density at radius 2 is 2.26 bits per heavy atom. The first kappa shape index (κ1) is 11.9. The molecule has 4 rings (SSSR count). The summed E-state index contributed by atoms with van der Waals surface area (Å²) >= 11 is 11.2. The molecule has 1 N–H and O–H groups in total. The van der Waals surface area contributed by atoms with Crippen molar-refractivity contribution in [1.82, 2.24) is 9.55 Å². The summed E-state index contributed by atoms with van der Waals surface area (Å²) in [5.74, 6) is -0.416. The summed E-state index contributed by atoms with van der Waals surface area (Å²) in [6.07, 6.45) is 3.67. The average molecular weight is 299 g/mol. The molecule has 2 aliphatic heterocycles. The van der Waals surface area contributed by atoms with Gasteiger partial charge in [0.1, 0.15) is 5.82 Å². The van der Waals surface area contributed by atoms with E-state index in [1.54, 1.807) is 6.07 Å². The Morgan fingerprint density at radius 1 is 1.42 bits per heavy atom. The number of fused-ring (bicyclic) bond motifs is 3. The standard InChI is InChI=1S/C13H12ClFN2OS/c14-7-4-9-10(5-8(7)15)17(13(19)16-9)11-3-6-1-2-12(11)18-6/h4-6,11-12H,1-3H2,(H,16,19). The van der Waals surface area contributed by atoms with Gasteiger partial charge in [-0.3, -0.25) is 0 Å². The summed E-state index contributed by atoms with van der Waals surface area (Å²) in [5.41, 5.74) is 1.55. The monoisotopic (exact) mass is 298 g/mol. The highest BCUT2D eigenvalue weighted by Crippen LogP contribution is 2.43. The number of halogens is 2. The van der Waals surface area contributed by atoms with Crippen LogP contribution in [-0.4, -0.2) is 21.8 Å². The van der Waals surface area contributed by atoms with Gasteiger partial charge in [0.15, 0.2) is 4.77 Å². The average Bonchev–Trinajstić information content (AvgIpc) is 3.03. The number of H-pyrrole nitrogens is 1. The Morgan fingerprint density at radius 3 is 2.95 bits per heavy atom. The summed E-state index contributed by atoms with van der Waals surface area (Å²) in [5, 5.41) is 0.111. The number of aromatic amines is 1. The lowest BCUT2D eigenvalue weighted by Crippen LogP contribution is -2.20. The third-order valence-electron chi connectivity index (χ3n) is 4.16. The van der Waals surface area contributed by atoms with Crippen LogP contribution in [0.4, 0.5) is 4.39 Å². The molecule has 19 heavy (non-hydrogen) atoms. The minimum absolute atomic E-state index is 0.111. The Bertz CT molecular complexity index is 725. The van der Waals surface area contributed by atoms with E-state index in [-0.39, 0.29) is 17.2 Å². The number of imidazole rings is 1. The number of ether oxygens (including phenoxy) is 1. The number of hydrogen-bond acceptors (Lipinski definition) is 2. The van der Waals surface area contributed by atoms with Crippen LogP contribution in [0.3, 0.4) is 0 Å². The van der Waals surface area contributed by atoms with E-state index in [2.05, 4.69) is 4.98 Å². The number of benzene rings is 1. The highest BCUT2D eigenvalue weighted by atomic mass is 35.5. The second kappa shape index (κ2) is 4.04. The number of nitrogens with zero attached hydrogens (tertiary/aromatic N) is 1. The van der Waals surface area contributed by atoms with Gasteiger partial charge in [0.2, 0.25) is 0 Å². The molecule has 1 aromatic heterocycles. The van der Waals surface area contributed by atoms with Gasteiger partial charge in [-0.05, 0) is 37.5 Å². The number of rotatable bonds is 1. The molecule has 3 heterocycles. The summed E-state index contributed by atoms with van der Waals surface area (Å²) in [7, 11) is 0. The van der Waals surface area contributed by atoms with Gasteiger partial charge < -0.3 is 14.3 Å². The van der Waals surface area contributed by atoms with Crippen LogP contribution < -0.4 is 0 Å². The third kappa shape index (κ3) is 1.68. The smallest absolute Gasteiger partial charge is 0.178 e. The number of hydrogen-bond donors (Lipinski definition) is 1. The fourth-order valence-electron chi connectivity index (χ4n) is 3.33. The molecule has 0 saturated carbocycles. The van der Waals surface area contributed by atoms with E-state index in [0.717, 1.165) is 30.3 Å². The third-order valence-corrected chi connectivity index (χ3v) is 4.75. The number of aromatic nitrogens is 2. The van der Waals surface area contributed by atoms with Gasteiger partial charge in [-0.15, -0.1) is 0 Å². The number of nitrogens with one attached hydrogen (secondary N) is 1. The molecule has 2 aromatic rings. The van der Waals surface area contributed by atoms with Crippen molar-refractivity contribution in [3.8, 4) is 0 Å². The maximum Gasteiger partial charge on any atom is 0.178 e. The minimum Gasteiger partial charge on any atom is -0.373 e. The Balaban J connectivity index is 1.92. The second-order valence-corrected chi connectivity index (χ2v) is 6.05. The second-order valence-electron chi connectivity index (χ2n) is 5.26. The van der Waals surface area contributed by atoms with Crippen LogP contribution in [0.2, 0.25) is 5.02 Å². The summed E-state index contributed by atoms with van der Waals surface area (Å²) < 4.78 is 22.2. The first-order valence-corrected chi connectivity index (χ1v) is 7.17. The lowest BCUT2D eigenvalue weighted by atomic mass is 9.95. The van der Waals surface area contributed by atoms with Crippen LogP contribution in [0.5, 0.6) is 0 Å². The zero-order valence-corrected chi connectivity index (χ0v) is 11.6. The zero-order chi connectivity index (χ0) is 13.1. The molecular weight excluding hydrogens is 287 g/mol. The van der Waals surface area contributed by atoms with Crippen molar-refractivity contribution < 1.29 is 9.13 Å². The lowest BCUT2D eigenvalue weighted by molar-refractivity contribution is 0.0941. The SMILES string of the molecule is Fc1cc2c(cc1Cl)[nH]c(=S)n2C1CC2CCC1O2. The Hall–Kier alpha value is -0.910. The first-order chi connectivity index (χ1) is 9.13. The van der Waals surface area contributed by atoms with Gasteiger partial charge in [-0.1, -0.05) is 11.6 Å². The normalized spacial score (nSPS) is 29.5. The van der Waals surface area contributed by atoms with E-state index in [1.165, 1.54) is 6.07 Å². The van der Waals surface area contributed by atoms with Crippen LogP contribution in [0.15, 0.2) is 12.1 Å². The van der Waals surface area contributed by atoms with Crippen LogP contribution in [-0.2, 0) is 4.74 Å². The molecule has 1 aromatic carbocycles. The predicted octanol–water partition coefficient (Wildman–Crippen LogP) is 3.98. The summed E-state index contributed by atoms with van der Waals surface area (Å²) in [6, 6.07) is 3.25. The fourth-order valence-corrected chi connectivity index (χ4v) is 3.84. The molecule has 0 radical (unpaired) electrons. The first-order valence-electron chi connectivity index (χ1n) is 6.38. The van der Waals surface area contributed by atoms with E-state index in [1.807, 2.05) is 4.57 Å². The van der Waals surface area contributed by atoms with Gasteiger partial charge in [0.05, 0.1) is 34.3 Å². The molecule has 2 saturated heterocycles.